The molecule has 0 aromatic carbocycles. The van der Waals surface area contributed by atoms with Crippen LogP contribution in [0.15, 0.2) is 34.9 Å². The SMILES string of the molecule is CC12C=CC3=C4CCC(=O)C=C4CCC3C1CC[CH-]2.CO.[W]. The molecule has 0 saturated heterocycles. The van der Waals surface area contributed by atoms with Gasteiger partial charge in [-0.2, -0.15) is 6.42 Å². The van der Waals surface area contributed by atoms with Crippen molar-refractivity contribution in [1.82, 2.24) is 0 Å². The van der Waals surface area contributed by atoms with Crippen LogP contribution >= 0.6 is 0 Å². The molecule has 4 aliphatic carbocycles. The van der Waals surface area contributed by atoms with Crippen molar-refractivity contribution < 1.29 is 31.0 Å². The molecule has 1 N–H and O–H groups in total. The van der Waals surface area contributed by atoms with Gasteiger partial charge in [0.2, 0.25) is 0 Å². The third kappa shape index (κ3) is 2.85. The first-order valence-electron chi connectivity index (χ1n) is 8.12. The molecular weight excluding hydrogens is 444 g/mol. The van der Waals surface area contributed by atoms with Crippen LogP contribution in [0.3, 0.4) is 0 Å². The quantitative estimate of drug-likeness (QED) is 0.549. The number of carbonyl (C=O) groups is 1. The number of aliphatic hydroxyl groups is 1. The van der Waals surface area contributed by atoms with Crippen LogP contribution in [0.1, 0.15) is 45.4 Å². The molecule has 3 atom stereocenters. The second-order valence-electron chi connectivity index (χ2n) is 6.80. The van der Waals surface area contributed by atoms with E-state index in [1.807, 2.05) is 6.08 Å². The summed E-state index contributed by atoms with van der Waals surface area (Å²) in [5.41, 5.74) is 4.77. The Morgan fingerprint density at radius 3 is 2.77 bits per heavy atom. The summed E-state index contributed by atoms with van der Waals surface area (Å²) in [6.07, 6.45) is 15.9. The van der Waals surface area contributed by atoms with Crippen molar-refractivity contribution in [2.45, 2.75) is 45.4 Å². The summed E-state index contributed by atoms with van der Waals surface area (Å²) in [7, 11) is 1.00. The van der Waals surface area contributed by atoms with E-state index in [9.17, 15) is 4.79 Å². The van der Waals surface area contributed by atoms with Gasteiger partial charge in [0, 0.05) is 34.6 Å². The number of ketones is 1. The molecule has 3 heteroatoms. The zero-order chi connectivity index (χ0) is 15.0. The van der Waals surface area contributed by atoms with Gasteiger partial charge in [0.05, 0.1) is 0 Å². The van der Waals surface area contributed by atoms with Crippen molar-refractivity contribution >= 4 is 5.78 Å². The fourth-order valence-corrected chi connectivity index (χ4v) is 4.78. The molecule has 0 aromatic rings. The number of hydrogen-bond donors (Lipinski definition) is 1. The first-order chi connectivity index (χ1) is 10.2. The summed E-state index contributed by atoms with van der Waals surface area (Å²) < 4.78 is 0. The van der Waals surface area contributed by atoms with Crippen LogP contribution in [0.4, 0.5) is 0 Å². The number of carbonyl (C=O) groups excluding carboxylic acids is 1. The number of aliphatic hydroxyl groups excluding tert-OH is 1. The Kier molecular flexibility index (Phi) is 5.67. The topological polar surface area (TPSA) is 37.3 Å². The molecule has 0 aromatic heterocycles. The Balaban J connectivity index is 0.000000566. The van der Waals surface area contributed by atoms with E-state index >= 15 is 0 Å². The third-order valence-corrected chi connectivity index (χ3v) is 5.79. The fourth-order valence-electron chi connectivity index (χ4n) is 4.78. The van der Waals surface area contributed by atoms with Crippen LogP contribution in [0.25, 0.3) is 0 Å². The molecule has 2 nitrogen and oxygen atoms in total. The van der Waals surface area contributed by atoms with E-state index in [1.165, 1.54) is 30.4 Å². The molecule has 0 aliphatic heterocycles. The first-order valence-corrected chi connectivity index (χ1v) is 8.12. The van der Waals surface area contributed by atoms with Crippen molar-refractivity contribution in [2.75, 3.05) is 7.11 Å². The fraction of sp³-hybridized carbons (Fsp3) is 0.579. The normalized spacial score (nSPS) is 35.4. The zero-order valence-electron chi connectivity index (χ0n) is 13.5. The van der Waals surface area contributed by atoms with Crippen molar-refractivity contribution in [3.8, 4) is 0 Å². The van der Waals surface area contributed by atoms with Crippen LogP contribution in [0, 0.1) is 23.7 Å². The molecule has 0 amide bonds. The number of rotatable bonds is 0. The predicted octanol–water partition coefficient (Wildman–Crippen LogP) is 3.78. The maximum atomic E-state index is 11.6. The number of fused-ring (bicyclic) bond motifs is 4. The number of allylic oxidation sites excluding steroid dienone is 6. The van der Waals surface area contributed by atoms with Crippen LogP contribution in [0.2, 0.25) is 0 Å². The molecule has 3 unspecified atom stereocenters. The van der Waals surface area contributed by atoms with Crippen molar-refractivity contribution in [3.63, 3.8) is 0 Å². The Bertz CT molecular complexity index is 544. The molecule has 4 aliphatic rings. The molecule has 1 saturated carbocycles. The maximum absolute atomic E-state index is 11.6. The van der Waals surface area contributed by atoms with Gasteiger partial charge in [0.1, 0.15) is 0 Å². The first kappa shape index (κ1) is 17.9. The molecule has 4 rings (SSSR count). The maximum Gasteiger partial charge on any atom is 0.156 e. The smallest absolute Gasteiger partial charge is 0.156 e. The van der Waals surface area contributed by atoms with Crippen LogP contribution in [-0.4, -0.2) is 18.0 Å². The minimum atomic E-state index is 0. The minimum Gasteiger partial charge on any atom is -0.400 e. The van der Waals surface area contributed by atoms with E-state index in [4.69, 9.17) is 5.11 Å². The Morgan fingerprint density at radius 1 is 1.23 bits per heavy atom. The van der Waals surface area contributed by atoms with Gasteiger partial charge >= 0.3 is 0 Å². The average Bonchev–Trinajstić information content (AvgIpc) is 2.90. The summed E-state index contributed by atoms with van der Waals surface area (Å²) >= 11 is 0. The van der Waals surface area contributed by atoms with Gasteiger partial charge in [-0.25, -0.2) is 0 Å². The largest absolute Gasteiger partial charge is 0.400 e. The van der Waals surface area contributed by atoms with E-state index in [0.717, 1.165) is 38.2 Å². The standard InChI is InChI=1S/C18H21O.CH4O.W/c1-18-9-2-3-17(18)16-6-4-12-11-13(19)5-7-14(12)15(16)8-10-18;1-2;/h8-11,16-17H,2-7H2,1H3;2H,1H3;/q-1;;. The molecule has 120 valence electrons. The van der Waals surface area contributed by atoms with Gasteiger partial charge < -0.3 is 11.5 Å². The summed E-state index contributed by atoms with van der Waals surface area (Å²) in [6.45, 7) is 2.40. The third-order valence-electron chi connectivity index (χ3n) is 5.79. The molecule has 0 heterocycles. The molecule has 22 heavy (non-hydrogen) atoms. The summed E-state index contributed by atoms with van der Waals surface area (Å²) in [5.74, 6) is 1.88. The second kappa shape index (κ2) is 6.97. The van der Waals surface area contributed by atoms with E-state index in [2.05, 4.69) is 25.5 Å². The molecule has 0 radical (unpaired) electrons. The predicted molar refractivity (Wildman–Crippen MR) is 84.5 cm³/mol. The van der Waals surface area contributed by atoms with Crippen LogP contribution < -0.4 is 0 Å². The van der Waals surface area contributed by atoms with E-state index in [-0.39, 0.29) is 21.1 Å². The molecule has 0 bridgehead atoms. The Hall–Kier alpha value is -0.462. The van der Waals surface area contributed by atoms with E-state index < -0.39 is 0 Å². The van der Waals surface area contributed by atoms with Crippen molar-refractivity contribution in [1.29, 1.82) is 0 Å². The average molecular weight is 469 g/mol. The Labute approximate surface area is 148 Å². The second-order valence-corrected chi connectivity index (χ2v) is 6.80. The van der Waals surface area contributed by atoms with Crippen molar-refractivity contribution in [3.05, 3.63) is 41.4 Å². The van der Waals surface area contributed by atoms with E-state index in [0.29, 0.717) is 11.2 Å². The van der Waals surface area contributed by atoms with Gasteiger partial charge in [-0.15, -0.1) is 11.5 Å². The van der Waals surface area contributed by atoms with Crippen LogP contribution in [0.5, 0.6) is 0 Å². The summed E-state index contributed by atoms with van der Waals surface area (Å²) in [4.78, 5) is 11.6. The summed E-state index contributed by atoms with van der Waals surface area (Å²) in [6, 6.07) is 0. The minimum absolute atomic E-state index is 0. The van der Waals surface area contributed by atoms with Gasteiger partial charge in [-0.05, 0) is 48.0 Å². The summed E-state index contributed by atoms with van der Waals surface area (Å²) in [5, 5.41) is 7.00. The van der Waals surface area contributed by atoms with Gasteiger partial charge in [-0.1, -0.05) is 25.3 Å². The monoisotopic (exact) mass is 469 g/mol. The molecule has 1 fully saturated rings. The van der Waals surface area contributed by atoms with Gasteiger partial charge in [0.15, 0.2) is 5.78 Å². The Morgan fingerprint density at radius 2 is 2.00 bits per heavy atom. The van der Waals surface area contributed by atoms with E-state index in [1.54, 1.807) is 5.57 Å². The van der Waals surface area contributed by atoms with Gasteiger partial charge in [0.25, 0.3) is 0 Å². The molecule has 0 spiro atoms. The van der Waals surface area contributed by atoms with Crippen molar-refractivity contribution in [2.24, 2.45) is 17.3 Å². The van der Waals surface area contributed by atoms with Crippen LogP contribution in [-0.2, 0) is 25.9 Å². The number of hydrogen-bond acceptors (Lipinski definition) is 2. The zero-order valence-corrected chi connectivity index (χ0v) is 16.4. The molecular formula is C19H25O2W-. The van der Waals surface area contributed by atoms with Gasteiger partial charge in [-0.3, -0.25) is 4.79 Å².